The van der Waals surface area contributed by atoms with Crippen LogP contribution in [0.15, 0.2) is 10.5 Å². The van der Waals surface area contributed by atoms with Crippen LogP contribution in [0.1, 0.15) is 49.5 Å². The molecule has 1 atom stereocenters. The molecule has 0 bridgehead atoms. The average Bonchev–Trinajstić information content (AvgIpc) is 3.43. The molecule has 0 spiro atoms. The van der Waals surface area contributed by atoms with Crippen molar-refractivity contribution in [2.75, 3.05) is 24.3 Å². The van der Waals surface area contributed by atoms with E-state index < -0.39 is 5.97 Å². The zero-order valence-corrected chi connectivity index (χ0v) is 19.1. The van der Waals surface area contributed by atoms with Crippen LogP contribution in [0.5, 0.6) is 0 Å². The van der Waals surface area contributed by atoms with Crippen LogP contribution in [0.4, 0.5) is 5.00 Å². The number of hydrogen-bond acceptors (Lipinski definition) is 9. The maximum Gasteiger partial charge on any atom is 0.341 e. The van der Waals surface area contributed by atoms with Crippen molar-refractivity contribution < 1.29 is 19.1 Å². The van der Waals surface area contributed by atoms with E-state index in [1.807, 2.05) is 5.38 Å². The van der Waals surface area contributed by atoms with Crippen molar-refractivity contribution in [2.45, 2.75) is 57.8 Å². The van der Waals surface area contributed by atoms with Gasteiger partial charge in [-0.15, -0.1) is 16.4 Å². The Morgan fingerprint density at radius 1 is 1.47 bits per heavy atom. The fourth-order valence-electron chi connectivity index (χ4n) is 3.19. The van der Waals surface area contributed by atoms with Gasteiger partial charge in [-0.1, -0.05) is 25.6 Å². The third-order valence-electron chi connectivity index (χ3n) is 4.46. The second-order valence-corrected chi connectivity index (χ2v) is 9.22. The zero-order chi connectivity index (χ0) is 21.5. The minimum Gasteiger partial charge on any atom is -0.462 e. The highest BCUT2D eigenvalue weighted by Crippen LogP contribution is 2.31. The molecule has 1 aliphatic heterocycles. The minimum absolute atomic E-state index is 0.110. The lowest BCUT2D eigenvalue weighted by atomic mass is 10.0. The molecule has 164 valence electrons. The molecule has 30 heavy (non-hydrogen) atoms. The summed E-state index contributed by atoms with van der Waals surface area (Å²) < 4.78 is 12.5. The fraction of sp³-hybridized carbons (Fsp3) is 0.632. The molecular formula is C19H27N5O4S2. The predicted molar refractivity (Wildman–Crippen MR) is 115 cm³/mol. The number of amides is 1. The second kappa shape index (κ2) is 10.9. The number of hydrogen-bond donors (Lipinski definition) is 1. The summed E-state index contributed by atoms with van der Waals surface area (Å²) in [7, 11) is 0. The molecule has 1 fully saturated rings. The summed E-state index contributed by atoms with van der Waals surface area (Å²) in [6, 6.07) is 0. The number of carbonyl (C=O) groups is 2. The first-order valence-corrected chi connectivity index (χ1v) is 11.9. The molecular weight excluding hydrogens is 426 g/mol. The molecule has 0 saturated carbocycles. The van der Waals surface area contributed by atoms with Gasteiger partial charge in [0.05, 0.1) is 30.6 Å². The third-order valence-corrected chi connectivity index (χ3v) is 6.36. The number of thiophene rings is 1. The Bertz CT molecular complexity index is 861. The first-order valence-electron chi connectivity index (χ1n) is 10.1. The van der Waals surface area contributed by atoms with E-state index in [2.05, 4.69) is 34.7 Å². The Hall–Kier alpha value is -1.98. The Labute approximate surface area is 183 Å². The van der Waals surface area contributed by atoms with Crippen LogP contribution in [-0.2, 0) is 27.2 Å². The summed E-state index contributed by atoms with van der Waals surface area (Å²) in [6.07, 6.45) is 2.88. The van der Waals surface area contributed by atoms with Crippen LogP contribution in [0.3, 0.4) is 0 Å². The van der Waals surface area contributed by atoms with E-state index in [1.165, 1.54) is 23.1 Å². The molecule has 0 unspecified atom stereocenters. The van der Waals surface area contributed by atoms with Gasteiger partial charge in [0.25, 0.3) is 0 Å². The van der Waals surface area contributed by atoms with Crippen molar-refractivity contribution in [3.8, 4) is 0 Å². The van der Waals surface area contributed by atoms with E-state index >= 15 is 0 Å². The minimum atomic E-state index is -0.405. The van der Waals surface area contributed by atoms with Crippen LogP contribution >= 0.6 is 23.1 Å². The van der Waals surface area contributed by atoms with Gasteiger partial charge in [-0.2, -0.15) is 0 Å². The van der Waals surface area contributed by atoms with Crippen molar-refractivity contribution in [2.24, 2.45) is 5.92 Å². The van der Waals surface area contributed by atoms with E-state index in [0.717, 1.165) is 31.4 Å². The second-order valence-electron chi connectivity index (χ2n) is 7.40. The Balaban J connectivity index is 1.62. The van der Waals surface area contributed by atoms with Crippen molar-refractivity contribution in [1.82, 2.24) is 20.2 Å². The number of thioether (sulfide) groups is 1. The van der Waals surface area contributed by atoms with E-state index in [4.69, 9.17) is 9.47 Å². The van der Waals surface area contributed by atoms with Crippen LogP contribution < -0.4 is 5.32 Å². The number of carbonyl (C=O) groups excluding carboxylic acids is 2. The topological polar surface area (TPSA) is 108 Å². The molecule has 1 saturated heterocycles. The van der Waals surface area contributed by atoms with Gasteiger partial charge in [0.1, 0.15) is 5.00 Å². The molecule has 1 N–H and O–H groups in total. The molecule has 3 heterocycles. The normalized spacial score (nSPS) is 16.2. The Kier molecular flexibility index (Phi) is 8.23. The maximum absolute atomic E-state index is 12.5. The van der Waals surface area contributed by atoms with Gasteiger partial charge in [-0.3, -0.25) is 4.79 Å². The number of nitrogens with zero attached hydrogens (tertiary/aromatic N) is 4. The van der Waals surface area contributed by atoms with Crippen LogP contribution in [0.2, 0.25) is 0 Å². The van der Waals surface area contributed by atoms with Crippen molar-refractivity contribution in [3.63, 3.8) is 0 Å². The lowest BCUT2D eigenvalue weighted by molar-refractivity contribution is -0.113. The Morgan fingerprint density at radius 3 is 3.00 bits per heavy atom. The molecule has 1 amide bonds. The first kappa shape index (κ1) is 22.7. The monoisotopic (exact) mass is 453 g/mol. The summed E-state index contributed by atoms with van der Waals surface area (Å²) in [5.41, 5.74) is 1.36. The molecule has 1 aliphatic rings. The lowest BCUT2D eigenvalue weighted by Crippen LogP contribution is -2.19. The van der Waals surface area contributed by atoms with E-state index in [1.54, 1.807) is 11.6 Å². The van der Waals surface area contributed by atoms with E-state index in [0.29, 0.717) is 28.2 Å². The number of esters is 1. The van der Waals surface area contributed by atoms with Gasteiger partial charge in [-0.25, -0.2) is 9.48 Å². The molecule has 2 aromatic heterocycles. The summed E-state index contributed by atoms with van der Waals surface area (Å²) in [6.45, 7) is 7.56. The quantitative estimate of drug-likeness (QED) is 0.432. The summed E-state index contributed by atoms with van der Waals surface area (Å²) >= 11 is 2.60. The van der Waals surface area contributed by atoms with Gasteiger partial charge >= 0.3 is 5.97 Å². The molecule has 2 aromatic rings. The van der Waals surface area contributed by atoms with Gasteiger partial charge in [0, 0.05) is 6.61 Å². The van der Waals surface area contributed by atoms with E-state index in [-0.39, 0.29) is 24.4 Å². The number of aromatic nitrogens is 4. The zero-order valence-electron chi connectivity index (χ0n) is 17.4. The molecule has 11 heteroatoms. The number of anilines is 1. The molecule has 9 nitrogen and oxygen atoms in total. The molecule has 0 radical (unpaired) electrons. The highest BCUT2D eigenvalue weighted by atomic mass is 32.2. The van der Waals surface area contributed by atoms with E-state index in [9.17, 15) is 9.59 Å². The third kappa shape index (κ3) is 6.02. The number of rotatable bonds is 10. The fourth-order valence-corrected chi connectivity index (χ4v) is 4.86. The van der Waals surface area contributed by atoms with Gasteiger partial charge in [-0.05, 0) is 53.5 Å². The highest BCUT2D eigenvalue weighted by Gasteiger charge is 2.23. The van der Waals surface area contributed by atoms with Crippen molar-refractivity contribution in [1.29, 1.82) is 0 Å². The van der Waals surface area contributed by atoms with Gasteiger partial charge in [0.15, 0.2) is 0 Å². The standard InChI is InChI=1S/C19H27N5O4S2/c1-4-27-18(26)16-13(8-12(2)3)10-29-17(16)20-15(25)11-30-19-21-22-23-24(19)9-14-6-5-7-28-14/h10,12,14H,4-9,11H2,1-3H3,(H,20,25)/t14-/m1/s1. The summed E-state index contributed by atoms with van der Waals surface area (Å²) in [5.74, 6) is -0.117. The van der Waals surface area contributed by atoms with Gasteiger partial charge < -0.3 is 14.8 Å². The maximum atomic E-state index is 12.5. The van der Waals surface area contributed by atoms with Gasteiger partial charge in [0.2, 0.25) is 11.1 Å². The number of nitrogens with one attached hydrogen (secondary N) is 1. The number of tetrazole rings is 1. The van der Waals surface area contributed by atoms with Crippen LogP contribution in [-0.4, -0.2) is 57.2 Å². The SMILES string of the molecule is CCOC(=O)c1c(CC(C)C)csc1NC(=O)CSc1nnnn1C[C@H]1CCCO1. The molecule has 0 aromatic carbocycles. The Morgan fingerprint density at radius 2 is 2.30 bits per heavy atom. The van der Waals surface area contributed by atoms with Crippen LogP contribution in [0.25, 0.3) is 0 Å². The smallest absolute Gasteiger partial charge is 0.341 e. The number of ether oxygens (including phenoxy) is 2. The van der Waals surface area contributed by atoms with Crippen molar-refractivity contribution >= 4 is 40.0 Å². The molecule has 0 aliphatic carbocycles. The average molecular weight is 454 g/mol. The first-order chi connectivity index (χ1) is 14.5. The lowest BCUT2D eigenvalue weighted by Gasteiger charge is -2.11. The summed E-state index contributed by atoms with van der Waals surface area (Å²) in [5, 5.41) is 17.6. The summed E-state index contributed by atoms with van der Waals surface area (Å²) in [4.78, 5) is 25.0. The van der Waals surface area contributed by atoms with Crippen molar-refractivity contribution in [3.05, 3.63) is 16.5 Å². The highest BCUT2D eigenvalue weighted by molar-refractivity contribution is 7.99. The largest absolute Gasteiger partial charge is 0.462 e. The molecule has 3 rings (SSSR count). The predicted octanol–water partition coefficient (Wildman–Crippen LogP) is 3.02. The van der Waals surface area contributed by atoms with Crippen LogP contribution in [0, 0.1) is 5.92 Å².